The molecule has 0 aliphatic heterocycles. The number of nitrogens with one attached hydrogen (secondary N) is 6. The molecule has 0 saturated carbocycles. The molecule has 0 saturated heterocycles. The monoisotopic (exact) mass is 896 g/mol. The fraction of sp³-hybridized carbons (Fsp3) is 0.475. The minimum Gasteiger partial charge on any atom is -0.508 e. The van der Waals surface area contributed by atoms with Crippen LogP contribution < -0.4 is 43.4 Å². The van der Waals surface area contributed by atoms with Gasteiger partial charge < -0.3 is 58.7 Å². The number of aliphatic carboxylic acids is 2. The minimum absolute atomic E-state index is 0.0464. The second-order valence-corrected chi connectivity index (χ2v) is 14.9. The molecule has 7 amide bonds. The molecular formula is C40H55F3N8O12. The number of carbonyl (C=O) groups excluding carboxylic acids is 7. The first-order chi connectivity index (χ1) is 29.2. The van der Waals surface area contributed by atoms with Gasteiger partial charge >= 0.3 is 18.1 Å². The first-order valence-corrected chi connectivity index (χ1v) is 19.4. The molecule has 0 aromatic heterocycles. The Kier molecular flexibility index (Phi) is 22.3. The molecule has 6 atom stereocenters. The number of aromatic hydroxyl groups is 1. The number of hydrogen-bond donors (Lipinski definition) is 11. The van der Waals surface area contributed by atoms with Gasteiger partial charge in [-0.25, -0.2) is 4.79 Å². The highest BCUT2D eigenvalue weighted by atomic mass is 19.4. The Bertz CT molecular complexity index is 1900. The van der Waals surface area contributed by atoms with Crippen molar-refractivity contribution in [2.24, 2.45) is 23.3 Å². The SMILES string of the molecule is CC(C)[C@H](NC(=O)[C@H](CCC(=O)O)NC(=O)[C@H](Cc1ccccc1)NC(=O)[C@@H](C)NC(=O)[C@@H](N)Cc1ccc(O)cc1)C(=O)N[C@H](C(=O)NCC(N)=O)C(C)C.O=C(O)C(F)(F)F. The molecule has 13 N–H and O–H groups in total. The van der Waals surface area contributed by atoms with Crippen LogP contribution in [0.1, 0.15) is 58.6 Å². The quantitative estimate of drug-likeness (QED) is 0.0702. The minimum atomic E-state index is -5.08. The van der Waals surface area contributed by atoms with E-state index in [0.717, 1.165) is 0 Å². The number of carboxylic acid groups (broad SMARTS) is 2. The number of carbonyl (C=O) groups is 9. The second-order valence-electron chi connectivity index (χ2n) is 14.9. The standard InChI is InChI=1S/C38H54N8O10.C2HF3O2/c1-20(2)31(37(55)41-19-29(40)48)46-38(56)32(21(3)4)45-35(53)27(15-16-30(49)50)43-36(54)28(18-23-9-7-6-8-10-23)44-33(51)22(5)42-34(52)26(39)17-24-11-13-25(47)14-12-24;3-2(4,5)1(6)7/h6-14,20-22,26-28,31-32,47H,15-19,39H2,1-5H3,(H2,40,48)(H,41,55)(H,42,52)(H,43,54)(H,44,51)(H,45,53)(H,46,56)(H,49,50);(H,6,7)/t22-,26+,27+,28+,31+,32+;/m1./s1. The van der Waals surface area contributed by atoms with Crippen molar-refractivity contribution in [2.75, 3.05) is 6.54 Å². The molecule has 2 rings (SSSR count). The zero-order chi connectivity index (χ0) is 48.2. The van der Waals surface area contributed by atoms with Gasteiger partial charge in [0, 0.05) is 12.8 Å². The number of benzene rings is 2. The highest BCUT2D eigenvalue weighted by molar-refractivity contribution is 5.97. The van der Waals surface area contributed by atoms with Crippen LogP contribution in [-0.2, 0) is 56.0 Å². The maximum atomic E-state index is 13.8. The van der Waals surface area contributed by atoms with Gasteiger partial charge in [-0.1, -0.05) is 70.2 Å². The summed E-state index contributed by atoms with van der Waals surface area (Å²) in [5, 5.41) is 41.2. The van der Waals surface area contributed by atoms with Crippen molar-refractivity contribution < 1.29 is 71.6 Å². The first kappa shape index (κ1) is 54.2. The van der Waals surface area contributed by atoms with Crippen LogP contribution in [0.15, 0.2) is 54.6 Å². The van der Waals surface area contributed by atoms with E-state index in [1.54, 1.807) is 70.2 Å². The average Bonchev–Trinajstić information content (AvgIpc) is 3.19. The second kappa shape index (κ2) is 25.9. The maximum absolute atomic E-state index is 13.8. The summed E-state index contributed by atoms with van der Waals surface area (Å²) in [5.41, 5.74) is 12.5. The lowest BCUT2D eigenvalue weighted by atomic mass is 9.99. The van der Waals surface area contributed by atoms with Gasteiger partial charge in [0.05, 0.1) is 12.6 Å². The Morgan fingerprint density at radius 2 is 1.10 bits per heavy atom. The molecule has 0 spiro atoms. The molecule has 0 radical (unpaired) electrons. The Labute approximate surface area is 360 Å². The van der Waals surface area contributed by atoms with Crippen LogP contribution in [0.25, 0.3) is 0 Å². The molecule has 23 heteroatoms. The maximum Gasteiger partial charge on any atom is 0.490 e. The highest BCUT2D eigenvalue weighted by Gasteiger charge is 2.38. The number of alkyl halides is 3. The largest absolute Gasteiger partial charge is 0.508 e. The zero-order valence-electron chi connectivity index (χ0n) is 35.2. The molecule has 348 valence electrons. The van der Waals surface area contributed by atoms with Gasteiger partial charge in [0.2, 0.25) is 41.4 Å². The molecule has 0 aliphatic carbocycles. The van der Waals surface area contributed by atoms with E-state index in [-0.39, 0.29) is 25.0 Å². The van der Waals surface area contributed by atoms with Gasteiger partial charge in [-0.05, 0) is 54.9 Å². The number of primary amides is 1. The third kappa shape index (κ3) is 20.6. The number of hydrogen-bond acceptors (Lipinski definition) is 11. The van der Waals surface area contributed by atoms with Gasteiger partial charge in [0.25, 0.3) is 0 Å². The van der Waals surface area contributed by atoms with Crippen LogP contribution >= 0.6 is 0 Å². The van der Waals surface area contributed by atoms with Crippen molar-refractivity contribution in [3.63, 3.8) is 0 Å². The first-order valence-electron chi connectivity index (χ1n) is 19.4. The third-order valence-electron chi connectivity index (χ3n) is 8.85. The van der Waals surface area contributed by atoms with E-state index in [0.29, 0.717) is 11.1 Å². The molecule has 0 fully saturated rings. The van der Waals surface area contributed by atoms with Gasteiger partial charge in [-0.2, -0.15) is 13.2 Å². The van der Waals surface area contributed by atoms with E-state index in [4.69, 9.17) is 21.4 Å². The number of halogens is 3. The highest BCUT2D eigenvalue weighted by Crippen LogP contribution is 2.14. The van der Waals surface area contributed by atoms with Crippen molar-refractivity contribution in [1.82, 2.24) is 31.9 Å². The topological polar surface area (TPSA) is 339 Å². The van der Waals surface area contributed by atoms with E-state index in [2.05, 4.69) is 31.9 Å². The van der Waals surface area contributed by atoms with E-state index >= 15 is 0 Å². The predicted molar refractivity (Wildman–Crippen MR) is 218 cm³/mol. The van der Waals surface area contributed by atoms with Crippen LogP contribution in [0, 0.1) is 11.8 Å². The van der Waals surface area contributed by atoms with Crippen LogP contribution in [0.4, 0.5) is 13.2 Å². The average molecular weight is 897 g/mol. The van der Waals surface area contributed by atoms with Crippen LogP contribution in [0.2, 0.25) is 0 Å². The lowest BCUT2D eigenvalue weighted by Gasteiger charge is -2.29. The van der Waals surface area contributed by atoms with E-state index in [1.165, 1.54) is 19.1 Å². The number of phenolic OH excluding ortho intramolecular Hbond substituents is 1. The lowest BCUT2D eigenvalue weighted by molar-refractivity contribution is -0.192. The fourth-order valence-electron chi connectivity index (χ4n) is 5.38. The van der Waals surface area contributed by atoms with Crippen molar-refractivity contribution in [2.45, 2.75) is 103 Å². The van der Waals surface area contributed by atoms with Gasteiger partial charge in [-0.3, -0.25) is 38.4 Å². The number of carboxylic acids is 2. The molecule has 0 heterocycles. The molecule has 63 heavy (non-hydrogen) atoms. The summed E-state index contributed by atoms with van der Waals surface area (Å²) in [5.74, 6) is -10.3. The molecule has 0 aliphatic rings. The molecule has 0 bridgehead atoms. The normalized spacial score (nSPS) is 13.9. The zero-order valence-corrected chi connectivity index (χ0v) is 35.2. The van der Waals surface area contributed by atoms with Crippen molar-refractivity contribution in [3.05, 3.63) is 65.7 Å². The van der Waals surface area contributed by atoms with E-state index in [9.17, 15) is 61.7 Å². The van der Waals surface area contributed by atoms with Crippen LogP contribution in [0.3, 0.4) is 0 Å². The summed E-state index contributed by atoms with van der Waals surface area (Å²) in [4.78, 5) is 112. The smallest absolute Gasteiger partial charge is 0.490 e. The molecule has 2 aromatic carbocycles. The Hall–Kier alpha value is -6.78. The Morgan fingerprint density at radius 3 is 1.59 bits per heavy atom. The lowest BCUT2D eigenvalue weighted by Crippen LogP contribution is -2.61. The summed E-state index contributed by atoms with van der Waals surface area (Å²) < 4.78 is 31.7. The number of nitrogens with two attached hydrogens (primary N) is 2. The third-order valence-corrected chi connectivity index (χ3v) is 8.85. The van der Waals surface area contributed by atoms with E-state index < -0.39 is 121 Å². The predicted octanol–water partition coefficient (Wildman–Crippen LogP) is -0.640. The fourth-order valence-corrected chi connectivity index (χ4v) is 5.38. The van der Waals surface area contributed by atoms with Crippen LogP contribution in [-0.4, -0.2) is 118 Å². The molecular weight excluding hydrogens is 841 g/mol. The van der Waals surface area contributed by atoms with Crippen molar-refractivity contribution in [1.29, 1.82) is 0 Å². The summed E-state index contributed by atoms with van der Waals surface area (Å²) >= 11 is 0. The van der Waals surface area contributed by atoms with Crippen molar-refractivity contribution >= 4 is 53.3 Å². The Morgan fingerprint density at radius 1 is 0.619 bits per heavy atom. The summed E-state index contributed by atoms with van der Waals surface area (Å²) in [6.07, 6.45) is -5.96. The van der Waals surface area contributed by atoms with Gasteiger partial charge in [0.15, 0.2) is 0 Å². The summed E-state index contributed by atoms with van der Waals surface area (Å²) in [6.45, 7) is 7.50. The summed E-state index contributed by atoms with van der Waals surface area (Å²) in [6, 6.07) is 7.34. The number of rotatable bonds is 22. The van der Waals surface area contributed by atoms with Crippen molar-refractivity contribution in [3.8, 4) is 5.75 Å². The van der Waals surface area contributed by atoms with E-state index in [1.807, 2.05) is 0 Å². The van der Waals surface area contributed by atoms with Gasteiger partial charge in [-0.15, -0.1) is 0 Å². The Balaban J connectivity index is 0.00000260. The number of phenols is 1. The molecule has 2 aromatic rings. The summed E-state index contributed by atoms with van der Waals surface area (Å²) in [7, 11) is 0. The van der Waals surface area contributed by atoms with Crippen LogP contribution in [0.5, 0.6) is 5.75 Å². The molecule has 20 nitrogen and oxygen atoms in total. The number of amides is 7. The van der Waals surface area contributed by atoms with Gasteiger partial charge in [0.1, 0.15) is 36.0 Å². The molecule has 0 unspecified atom stereocenters.